The van der Waals surface area contributed by atoms with Gasteiger partial charge < -0.3 is 14.0 Å². The fraction of sp³-hybridized carbons (Fsp3) is 0.0588. The molecule has 2 aromatic carbocycles. The second kappa shape index (κ2) is 6.31. The van der Waals surface area contributed by atoms with Crippen LogP contribution in [0.1, 0.15) is 10.5 Å². The Hall–Kier alpha value is -3.15. The van der Waals surface area contributed by atoms with Crippen LogP contribution in [-0.4, -0.2) is 18.2 Å². The predicted octanol–water partition coefficient (Wildman–Crippen LogP) is 3.71. The second-order valence-corrected chi connectivity index (χ2v) is 4.65. The summed E-state index contributed by atoms with van der Waals surface area (Å²) in [6, 6.07) is 13.7. The van der Waals surface area contributed by atoms with Crippen molar-refractivity contribution in [2.45, 2.75) is 0 Å². The number of ether oxygens (including phenoxy) is 2. The van der Waals surface area contributed by atoms with Crippen molar-refractivity contribution in [3.8, 4) is 22.8 Å². The Labute approximate surface area is 131 Å². The summed E-state index contributed by atoms with van der Waals surface area (Å²) < 4.78 is 28.1. The molecule has 0 aliphatic carbocycles. The maximum absolute atomic E-state index is 12.8. The van der Waals surface area contributed by atoms with Crippen LogP contribution in [0.5, 0.6) is 11.5 Å². The zero-order chi connectivity index (χ0) is 16.2. The molecule has 1 aromatic heterocycles. The number of halogens is 1. The first kappa shape index (κ1) is 14.8. The Morgan fingerprint density at radius 2 is 1.70 bits per heavy atom. The SMILES string of the molecule is COc1ccc(-c2cc(C(=O)Oc3ccc(F)cc3)no2)cc1. The molecule has 116 valence electrons. The lowest BCUT2D eigenvalue weighted by atomic mass is 10.1. The molecule has 0 bridgehead atoms. The smallest absolute Gasteiger partial charge is 0.365 e. The van der Waals surface area contributed by atoms with E-state index < -0.39 is 11.8 Å². The average Bonchev–Trinajstić information content (AvgIpc) is 3.07. The Morgan fingerprint density at radius 1 is 1.04 bits per heavy atom. The molecule has 3 rings (SSSR count). The maximum Gasteiger partial charge on any atom is 0.365 e. The Morgan fingerprint density at radius 3 is 2.35 bits per heavy atom. The van der Waals surface area contributed by atoms with Crippen LogP contribution >= 0.6 is 0 Å². The third-order valence-corrected chi connectivity index (χ3v) is 3.12. The van der Waals surface area contributed by atoms with Crippen LogP contribution in [0.15, 0.2) is 59.1 Å². The third kappa shape index (κ3) is 3.37. The van der Waals surface area contributed by atoms with Gasteiger partial charge in [-0.25, -0.2) is 9.18 Å². The average molecular weight is 313 g/mol. The lowest BCUT2D eigenvalue weighted by molar-refractivity contribution is 0.0724. The van der Waals surface area contributed by atoms with Gasteiger partial charge in [0.1, 0.15) is 17.3 Å². The van der Waals surface area contributed by atoms with Crippen LogP contribution in [0, 0.1) is 5.82 Å². The van der Waals surface area contributed by atoms with Gasteiger partial charge in [-0.1, -0.05) is 5.16 Å². The molecule has 0 aliphatic rings. The number of aromatic nitrogens is 1. The molecule has 0 amide bonds. The summed E-state index contributed by atoms with van der Waals surface area (Å²) in [6.07, 6.45) is 0. The van der Waals surface area contributed by atoms with Crippen LogP contribution in [0.4, 0.5) is 4.39 Å². The molecule has 0 unspecified atom stereocenters. The second-order valence-electron chi connectivity index (χ2n) is 4.65. The number of carbonyl (C=O) groups is 1. The van der Waals surface area contributed by atoms with Gasteiger partial charge in [-0.3, -0.25) is 0 Å². The van der Waals surface area contributed by atoms with E-state index in [0.717, 1.165) is 5.56 Å². The van der Waals surface area contributed by atoms with E-state index in [4.69, 9.17) is 14.0 Å². The van der Waals surface area contributed by atoms with E-state index in [-0.39, 0.29) is 11.4 Å². The summed E-state index contributed by atoms with van der Waals surface area (Å²) in [7, 11) is 1.58. The van der Waals surface area contributed by atoms with Gasteiger partial charge in [0.05, 0.1) is 7.11 Å². The van der Waals surface area contributed by atoms with Crippen molar-refractivity contribution in [2.24, 2.45) is 0 Å². The van der Waals surface area contributed by atoms with E-state index in [0.29, 0.717) is 11.5 Å². The molecular formula is C17H12FNO4. The number of esters is 1. The van der Waals surface area contributed by atoms with Crippen LogP contribution in [0.2, 0.25) is 0 Å². The minimum absolute atomic E-state index is 0.0279. The first-order valence-electron chi connectivity index (χ1n) is 6.74. The normalized spacial score (nSPS) is 10.3. The molecule has 0 aliphatic heterocycles. The largest absolute Gasteiger partial charge is 0.497 e. The van der Waals surface area contributed by atoms with Crippen molar-refractivity contribution in [2.75, 3.05) is 7.11 Å². The molecule has 0 radical (unpaired) electrons. The molecule has 0 fully saturated rings. The lowest BCUT2D eigenvalue weighted by Gasteiger charge is -2.00. The van der Waals surface area contributed by atoms with Crippen molar-refractivity contribution < 1.29 is 23.2 Å². The van der Waals surface area contributed by atoms with Gasteiger partial charge in [0.15, 0.2) is 11.5 Å². The Bertz CT molecular complexity index is 809. The van der Waals surface area contributed by atoms with Crippen molar-refractivity contribution in [3.05, 3.63) is 66.1 Å². The van der Waals surface area contributed by atoms with Crippen LogP contribution in [0.3, 0.4) is 0 Å². The van der Waals surface area contributed by atoms with Crippen molar-refractivity contribution in [1.29, 1.82) is 0 Å². The van der Waals surface area contributed by atoms with E-state index in [2.05, 4.69) is 5.16 Å². The van der Waals surface area contributed by atoms with E-state index in [9.17, 15) is 9.18 Å². The maximum atomic E-state index is 12.8. The van der Waals surface area contributed by atoms with Crippen LogP contribution < -0.4 is 9.47 Å². The van der Waals surface area contributed by atoms with E-state index in [1.807, 2.05) is 0 Å². The summed E-state index contributed by atoms with van der Waals surface area (Å²) in [5.74, 6) is 0.279. The quantitative estimate of drug-likeness (QED) is 0.543. The summed E-state index contributed by atoms with van der Waals surface area (Å²) in [5.41, 5.74) is 0.777. The van der Waals surface area contributed by atoms with Crippen molar-refractivity contribution in [3.63, 3.8) is 0 Å². The number of carbonyl (C=O) groups excluding carboxylic acids is 1. The van der Waals surface area contributed by atoms with Gasteiger partial charge in [0.25, 0.3) is 0 Å². The third-order valence-electron chi connectivity index (χ3n) is 3.12. The molecule has 0 spiro atoms. The number of methoxy groups -OCH3 is 1. The van der Waals surface area contributed by atoms with Crippen molar-refractivity contribution >= 4 is 5.97 Å². The topological polar surface area (TPSA) is 61.6 Å². The minimum Gasteiger partial charge on any atom is -0.497 e. The minimum atomic E-state index is -0.680. The van der Waals surface area contributed by atoms with Crippen LogP contribution in [-0.2, 0) is 0 Å². The highest BCUT2D eigenvalue weighted by molar-refractivity contribution is 5.90. The molecule has 0 atom stereocenters. The van der Waals surface area contributed by atoms with Gasteiger partial charge in [0.2, 0.25) is 0 Å². The predicted molar refractivity (Wildman–Crippen MR) is 79.8 cm³/mol. The van der Waals surface area contributed by atoms with Crippen LogP contribution in [0.25, 0.3) is 11.3 Å². The Kier molecular flexibility index (Phi) is 4.05. The highest BCUT2D eigenvalue weighted by Gasteiger charge is 2.16. The van der Waals surface area contributed by atoms with E-state index in [1.54, 1.807) is 31.4 Å². The molecular weight excluding hydrogens is 301 g/mol. The standard InChI is InChI=1S/C17H12FNO4/c1-21-13-6-2-11(3-7-13)16-10-15(19-23-16)17(20)22-14-8-4-12(18)5-9-14/h2-10H,1H3. The highest BCUT2D eigenvalue weighted by atomic mass is 19.1. The molecule has 1 heterocycles. The number of hydrogen-bond acceptors (Lipinski definition) is 5. The number of nitrogens with zero attached hydrogens (tertiary/aromatic N) is 1. The fourth-order valence-corrected chi connectivity index (χ4v) is 1.92. The fourth-order valence-electron chi connectivity index (χ4n) is 1.92. The Balaban J connectivity index is 1.75. The van der Waals surface area contributed by atoms with E-state index >= 15 is 0 Å². The first-order valence-corrected chi connectivity index (χ1v) is 6.74. The van der Waals surface area contributed by atoms with Crippen molar-refractivity contribution in [1.82, 2.24) is 5.16 Å². The summed E-state index contributed by atoms with van der Waals surface area (Å²) in [5, 5.41) is 3.69. The van der Waals surface area contributed by atoms with Gasteiger partial charge in [-0.05, 0) is 48.5 Å². The summed E-state index contributed by atoms with van der Waals surface area (Å²) in [4.78, 5) is 12.0. The highest BCUT2D eigenvalue weighted by Crippen LogP contribution is 2.23. The first-order chi connectivity index (χ1) is 11.2. The summed E-state index contributed by atoms with van der Waals surface area (Å²) in [6.45, 7) is 0. The molecule has 3 aromatic rings. The van der Waals surface area contributed by atoms with E-state index in [1.165, 1.54) is 30.3 Å². The van der Waals surface area contributed by atoms with Gasteiger partial charge in [-0.2, -0.15) is 0 Å². The molecule has 6 heteroatoms. The monoisotopic (exact) mass is 313 g/mol. The van der Waals surface area contributed by atoms with Gasteiger partial charge in [-0.15, -0.1) is 0 Å². The number of hydrogen-bond donors (Lipinski definition) is 0. The number of rotatable bonds is 4. The lowest BCUT2D eigenvalue weighted by Crippen LogP contribution is -2.08. The molecule has 23 heavy (non-hydrogen) atoms. The molecule has 5 nitrogen and oxygen atoms in total. The molecule has 0 saturated carbocycles. The number of benzene rings is 2. The molecule has 0 N–H and O–H groups in total. The zero-order valence-electron chi connectivity index (χ0n) is 12.2. The van der Waals surface area contributed by atoms with Gasteiger partial charge >= 0.3 is 5.97 Å². The molecule has 0 saturated heterocycles. The summed E-state index contributed by atoms with van der Waals surface area (Å²) >= 11 is 0. The van der Waals surface area contributed by atoms with Gasteiger partial charge in [0, 0.05) is 11.6 Å². The zero-order valence-corrected chi connectivity index (χ0v) is 12.2.